The van der Waals surface area contributed by atoms with Crippen molar-refractivity contribution in [2.75, 3.05) is 44.4 Å². The van der Waals surface area contributed by atoms with Gasteiger partial charge in [-0.2, -0.15) is 4.68 Å². The van der Waals surface area contributed by atoms with Crippen LogP contribution in [0.25, 0.3) is 0 Å². The van der Waals surface area contributed by atoms with Crippen molar-refractivity contribution < 1.29 is 33.6 Å². The number of carboxylic acid groups (broad SMARTS) is 1. The Bertz CT molecular complexity index is 1030. The minimum Gasteiger partial charge on any atom is -0.550 e. The normalized spacial score (nSPS) is 26.3. The van der Waals surface area contributed by atoms with E-state index < -0.39 is 30.1 Å². The zero-order valence-corrected chi connectivity index (χ0v) is 18.4. The maximum atomic E-state index is 12.0. The molecular weight excluding hydrogens is 448 g/mol. The van der Waals surface area contributed by atoms with Crippen molar-refractivity contribution in [3.8, 4) is 11.8 Å². The van der Waals surface area contributed by atoms with Gasteiger partial charge in [-0.3, -0.25) is 4.79 Å². The summed E-state index contributed by atoms with van der Waals surface area (Å²) in [4.78, 5) is 24.8. The second kappa shape index (κ2) is 9.91. The zero-order chi connectivity index (χ0) is 23.5. The number of hydrogen-bond donors (Lipinski definition) is 1. The highest BCUT2D eigenvalue weighted by Crippen LogP contribution is 2.36. The summed E-state index contributed by atoms with van der Waals surface area (Å²) < 4.78 is 24.8. The van der Waals surface area contributed by atoms with Crippen LogP contribution in [0.15, 0.2) is 24.3 Å². The van der Waals surface area contributed by atoms with Crippen LogP contribution in [-0.4, -0.2) is 89.9 Å². The number of amides is 1. The molecule has 5 rings (SSSR count). The predicted molar refractivity (Wildman–Crippen MR) is 112 cm³/mol. The highest BCUT2D eigenvalue weighted by molar-refractivity contribution is 5.80. The molecule has 4 heterocycles. The van der Waals surface area contributed by atoms with Crippen LogP contribution >= 0.6 is 0 Å². The molecule has 0 aliphatic carbocycles. The number of ether oxygens (including phenoxy) is 4. The number of carbonyl (C=O) groups excluding carboxylic acids is 2. The molecule has 3 aliphatic heterocycles. The summed E-state index contributed by atoms with van der Waals surface area (Å²) >= 11 is 0. The Morgan fingerprint density at radius 2 is 1.97 bits per heavy atom. The van der Waals surface area contributed by atoms with E-state index in [-0.39, 0.29) is 38.1 Å². The van der Waals surface area contributed by atoms with E-state index in [2.05, 4.69) is 25.7 Å². The fourth-order valence-corrected chi connectivity index (χ4v) is 4.44. The van der Waals surface area contributed by atoms with Crippen molar-refractivity contribution in [3.63, 3.8) is 0 Å². The molecule has 0 bridgehead atoms. The number of benzene rings is 1. The number of carboxylic acids is 1. The van der Waals surface area contributed by atoms with Crippen LogP contribution in [-0.2, 0) is 23.8 Å². The average molecular weight is 473 g/mol. The molecule has 13 nitrogen and oxygen atoms in total. The second-order valence-corrected chi connectivity index (χ2v) is 8.31. The van der Waals surface area contributed by atoms with Crippen molar-refractivity contribution in [3.05, 3.63) is 24.3 Å². The van der Waals surface area contributed by atoms with Crippen LogP contribution in [0.5, 0.6) is 11.8 Å². The summed E-state index contributed by atoms with van der Waals surface area (Å²) in [5.74, 6) is -1.06. The number of anilines is 1. The smallest absolute Gasteiger partial charge is 0.341 e. The molecule has 1 amide bonds. The minimum absolute atomic E-state index is 0.159. The number of fused-ring (bicyclic) bond motifs is 1. The molecule has 2 aromatic rings. The predicted octanol–water partition coefficient (Wildman–Crippen LogP) is -1.34. The van der Waals surface area contributed by atoms with Crippen LogP contribution in [0.1, 0.15) is 18.9 Å². The first-order valence-corrected chi connectivity index (χ1v) is 11.2. The quantitative estimate of drug-likeness (QED) is 0.484. The third-order valence-electron chi connectivity index (χ3n) is 6.11. The SMILES string of the molecule is O=C([O-])CCC(=O)N[C@H]1CO[C@H]2[C@@H]1OC[C@@H]2n1nnnc1Oc1cccc(N2CCOCC2)c1. The van der Waals surface area contributed by atoms with Crippen molar-refractivity contribution in [1.82, 2.24) is 25.5 Å². The molecule has 4 atom stereocenters. The molecule has 0 spiro atoms. The zero-order valence-electron chi connectivity index (χ0n) is 18.4. The van der Waals surface area contributed by atoms with Crippen molar-refractivity contribution in [2.24, 2.45) is 0 Å². The van der Waals surface area contributed by atoms with Gasteiger partial charge in [0.05, 0.1) is 32.5 Å². The van der Waals surface area contributed by atoms with Gasteiger partial charge in [-0.15, -0.1) is 0 Å². The Labute approximate surface area is 194 Å². The lowest BCUT2D eigenvalue weighted by Crippen LogP contribution is -2.44. The van der Waals surface area contributed by atoms with Crippen molar-refractivity contribution >= 4 is 17.6 Å². The van der Waals surface area contributed by atoms with Gasteiger partial charge in [0.2, 0.25) is 5.91 Å². The molecule has 3 fully saturated rings. The van der Waals surface area contributed by atoms with E-state index >= 15 is 0 Å². The molecule has 3 aliphatic rings. The molecule has 1 aromatic heterocycles. The molecule has 0 saturated carbocycles. The van der Waals surface area contributed by atoms with E-state index in [0.29, 0.717) is 19.0 Å². The summed E-state index contributed by atoms with van der Waals surface area (Å²) in [7, 11) is 0. The number of nitrogens with one attached hydrogen (secondary N) is 1. The van der Waals surface area contributed by atoms with E-state index in [1.807, 2.05) is 24.3 Å². The van der Waals surface area contributed by atoms with Gasteiger partial charge in [0.1, 0.15) is 24.0 Å². The summed E-state index contributed by atoms with van der Waals surface area (Å²) in [6, 6.07) is 7.17. The highest BCUT2D eigenvalue weighted by atomic mass is 16.6. The fourth-order valence-electron chi connectivity index (χ4n) is 4.44. The molecule has 0 radical (unpaired) electrons. The molecule has 1 aromatic carbocycles. The molecular formula is C21H25N6O7-. The molecule has 182 valence electrons. The third-order valence-corrected chi connectivity index (χ3v) is 6.11. The van der Waals surface area contributed by atoms with Gasteiger partial charge < -0.3 is 39.1 Å². The Kier molecular flexibility index (Phi) is 6.56. The van der Waals surface area contributed by atoms with Crippen LogP contribution in [0.4, 0.5) is 5.69 Å². The number of aliphatic carboxylic acids is 1. The van der Waals surface area contributed by atoms with Gasteiger partial charge >= 0.3 is 6.01 Å². The number of rotatable bonds is 8. The number of hydrogen-bond acceptors (Lipinski definition) is 11. The number of morpholine rings is 1. The van der Waals surface area contributed by atoms with Crippen molar-refractivity contribution in [1.29, 1.82) is 0 Å². The van der Waals surface area contributed by atoms with Crippen LogP contribution in [0, 0.1) is 0 Å². The van der Waals surface area contributed by atoms with Gasteiger partial charge in [-0.05, 0) is 29.0 Å². The Balaban J connectivity index is 1.24. The lowest BCUT2D eigenvalue weighted by molar-refractivity contribution is -0.305. The topological polar surface area (TPSA) is 153 Å². The maximum Gasteiger partial charge on any atom is 0.341 e. The van der Waals surface area contributed by atoms with E-state index in [9.17, 15) is 14.7 Å². The van der Waals surface area contributed by atoms with E-state index in [0.717, 1.165) is 18.8 Å². The monoisotopic (exact) mass is 473 g/mol. The standard InChI is InChI=1S/C21H26N6O7/c28-17(4-5-18(29)30)22-15-11-32-20-16(12-33-19(15)20)27-21(23-24-25-27)34-14-3-1-2-13(10-14)26-6-8-31-9-7-26/h1-3,10,15-16,19-20H,4-9,11-12H2,(H,22,28)(H,29,30)/p-1/t15-,16-,19+,20+/m0/s1. The molecule has 3 saturated heterocycles. The molecule has 34 heavy (non-hydrogen) atoms. The first-order chi connectivity index (χ1) is 16.6. The third kappa shape index (κ3) is 4.81. The highest BCUT2D eigenvalue weighted by Gasteiger charge is 2.50. The Morgan fingerprint density at radius 3 is 2.79 bits per heavy atom. The summed E-state index contributed by atoms with van der Waals surface area (Å²) in [6.45, 7) is 3.51. The minimum atomic E-state index is -1.27. The molecule has 0 unspecified atom stereocenters. The van der Waals surface area contributed by atoms with Crippen LogP contribution in [0.3, 0.4) is 0 Å². The Hall–Kier alpha value is -3.29. The van der Waals surface area contributed by atoms with Gasteiger partial charge in [-0.1, -0.05) is 11.2 Å². The van der Waals surface area contributed by atoms with Gasteiger partial charge in [0.25, 0.3) is 0 Å². The number of tetrazole rings is 1. The van der Waals surface area contributed by atoms with E-state index in [1.54, 1.807) is 0 Å². The summed E-state index contributed by atoms with van der Waals surface area (Å²) in [5, 5.41) is 25.2. The first kappa shape index (κ1) is 22.5. The lowest BCUT2D eigenvalue weighted by atomic mass is 10.1. The van der Waals surface area contributed by atoms with E-state index in [4.69, 9.17) is 18.9 Å². The van der Waals surface area contributed by atoms with Gasteiger partial charge in [0.15, 0.2) is 0 Å². The largest absolute Gasteiger partial charge is 0.550 e. The molecule has 1 N–H and O–H groups in total. The van der Waals surface area contributed by atoms with E-state index in [1.165, 1.54) is 4.68 Å². The maximum absolute atomic E-state index is 12.0. The summed E-state index contributed by atoms with van der Waals surface area (Å²) in [6.07, 6.45) is -1.29. The average Bonchev–Trinajstić information content (AvgIpc) is 3.56. The van der Waals surface area contributed by atoms with Crippen LogP contribution < -0.4 is 20.1 Å². The number of aromatic nitrogens is 4. The first-order valence-electron chi connectivity index (χ1n) is 11.2. The summed E-state index contributed by atoms with van der Waals surface area (Å²) in [5.41, 5.74) is 1.03. The lowest BCUT2D eigenvalue weighted by Gasteiger charge is -2.29. The number of carbonyl (C=O) groups is 2. The van der Waals surface area contributed by atoms with Crippen molar-refractivity contribution in [2.45, 2.75) is 37.1 Å². The van der Waals surface area contributed by atoms with Gasteiger partial charge in [0, 0.05) is 37.2 Å². The fraction of sp³-hybridized carbons (Fsp3) is 0.571. The Morgan fingerprint density at radius 1 is 1.15 bits per heavy atom. The van der Waals surface area contributed by atoms with Gasteiger partial charge in [-0.25, -0.2) is 0 Å². The second-order valence-electron chi connectivity index (χ2n) is 8.31. The number of nitrogens with zero attached hydrogens (tertiary/aromatic N) is 5. The molecule has 13 heteroatoms. The van der Waals surface area contributed by atoms with Crippen LogP contribution in [0.2, 0.25) is 0 Å².